The summed E-state index contributed by atoms with van der Waals surface area (Å²) in [4.78, 5) is 31.4. The van der Waals surface area contributed by atoms with Crippen LogP contribution in [0, 0.1) is 5.92 Å². The van der Waals surface area contributed by atoms with Crippen molar-refractivity contribution < 1.29 is 9.90 Å². The quantitative estimate of drug-likeness (QED) is 0.602. The van der Waals surface area contributed by atoms with Crippen LogP contribution in [0.2, 0.25) is 0 Å². The molecule has 0 aliphatic carbocycles. The second-order valence-electron chi connectivity index (χ2n) is 9.10. The molecule has 2 aromatic carbocycles. The van der Waals surface area contributed by atoms with E-state index in [1.165, 1.54) is 23.7 Å². The second-order valence-corrected chi connectivity index (χ2v) is 9.10. The summed E-state index contributed by atoms with van der Waals surface area (Å²) in [6.07, 6.45) is 1.88. The van der Waals surface area contributed by atoms with Crippen molar-refractivity contribution in [2.24, 2.45) is 5.92 Å². The van der Waals surface area contributed by atoms with Crippen molar-refractivity contribution in [3.05, 3.63) is 87.7 Å². The average molecular weight is 444 g/mol. The Morgan fingerprint density at radius 3 is 2.55 bits per heavy atom. The van der Waals surface area contributed by atoms with Gasteiger partial charge in [-0.1, -0.05) is 49.4 Å². The minimum Gasteiger partial charge on any atom is -0.477 e. The summed E-state index contributed by atoms with van der Waals surface area (Å²) in [6, 6.07) is 21.0. The van der Waals surface area contributed by atoms with Crippen molar-refractivity contribution in [1.82, 2.24) is 9.88 Å². The van der Waals surface area contributed by atoms with Gasteiger partial charge in [0, 0.05) is 31.4 Å². The fraction of sp³-hybridized carbons (Fsp3) is 0.333. The van der Waals surface area contributed by atoms with E-state index in [2.05, 4.69) is 57.2 Å². The van der Waals surface area contributed by atoms with Crippen LogP contribution < -0.4 is 10.5 Å². The van der Waals surface area contributed by atoms with E-state index in [1.807, 2.05) is 19.1 Å². The van der Waals surface area contributed by atoms with E-state index in [4.69, 9.17) is 0 Å². The van der Waals surface area contributed by atoms with E-state index < -0.39 is 11.5 Å². The van der Waals surface area contributed by atoms with Crippen LogP contribution in [0.4, 0.5) is 5.69 Å². The zero-order valence-electron chi connectivity index (χ0n) is 18.8. The maximum Gasteiger partial charge on any atom is 0.341 e. The molecule has 2 aliphatic rings. The first kappa shape index (κ1) is 21.5. The number of aromatic amines is 1. The molecule has 3 heterocycles. The number of carbonyl (C=O) groups is 1. The number of aromatic carboxylic acids is 1. The molecule has 6 heteroatoms. The number of fused-ring (bicyclic) bond motifs is 1. The molecule has 33 heavy (non-hydrogen) atoms. The number of aromatic nitrogens is 1. The Hall–Kier alpha value is -3.38. The molecule has 0 spiro atoms. The third-order valence-corrected chi connectivity index (χ3v) is 7.15. The maximum absolute atomic E-state index is 12.2. The number of likely N-dealkylation sites (tertiary alicyclic amines) is 1. The Kier molecular flexibility index (Phi) is 5.77. The van der Waals surface area contributed by atoms with Crippen LogP contribution in [0.1, 0.15) is 34.8 Å². The number of pyridine rings is 1. The van der Waals surface area contributed by atoms with E-state index in [0.717, 1.165) is 37.3 Å². The van der Waals surface area contributed by atoms with Crippen LogP contribution in [-0.4, -0.2) is 46.6 Å². The Morgan fingerprint density at radius 1 is 1.09 bits per heavy atom. The monoisotopic (exact) mass is 443 g/mol. The highest BCUT2D eigenvalue weighted by molar-refractivity contribution is 5.88. The molecule has 2 aliphatic heterocycles. The molecular weight excluding hydrogens is 414 g/mol. The van der Waals surface area contributed by atoms with Gasteiger partial charge in [-0.05, 0) is 60.2 Å². The van der Waals surface area contributed by atoms with E-state index in [9.17, 15) is 14.7 Å². The largest absolute Gasteiger partial charge is 0.477 e. The molecule has 2 saturated heterocycles. The third-order valence-electron chi connectivity index (χ3n) is 7.15. The summed E-state index contributed by atoms with van der Waals surface area (Å²) in [5.74, 6) is -0.506. The topological polar surface area (TPSA) is 76.6 Å². The maximum atomic E-state index is 12.2. The Morgan fingerprint density at radius 2 is 1.85 bits per heavy atom. The number of carboxylic acids is 1. The zero-order chi connectivity index (χ0) is 22.9. The second kappa shape index (κ2) is 8.87. The Labute approximate surface area is 193 Å². The predicted molar refractivity (Wildman–Crippen MR) is 130 cm³/mol. The lowest BCUT2D eigenvalue weighted by molar-refractivity contribution is 0.0695. The van der Waals surface area contributed by atoms with Crippen molar-refractivity contribution >= 4 is 11.7 Å². The van der Waals surface area contributed by atoms with Gasteiger partial charge in [0.05, 0.1) is 5.69 Å². The summed E-state index contributed by atoms with van der Waals surface area (Å²) in [5, 5.41) is 9.24. The number of aryl methyl sites for hydroxylation is 1. The molecule has 0 bridgehead atoms. The van der Waals surface area contributed by atoms with Gasteiger partial charge < -0.3 is 15.0 Å². The fourth-order valence-corrected chi connectivity index (χ4v) is 5.38. The number of benzene rings is 2. The van der Waals surface area contributed by atoms with Crippen LogP contribution in [0.25, 0.3) is 11.3 Å². The van der Waals surface area contributed by atoms with Crippen molar-refractivity contribution in [2.75, 3.05) is 24.5 Å². The molecule has 2 N–H and O–H groups in total. The first-order valence-corrected chi connectivity index (χ1v) is 11.7. The number of rotatable bonds is 6. The normalized spacial score (nSPS) is 20.2. The number of hydrogen-bond donors (Lipinski definition) is 2. The predicted octanol–water partition coefficient (Wildman–Crippen LogP) is 4.01. The van der Waals surface area contributed by atoms with Gasteiger partial charge in [-0.25, -0.2) is 4.79 Å². The molecular formula is C27H29N3O3. The van der Waals surface area contributed by atoms with Gasteiger partial charge in [0.1, 0.15) is 5.56 Å². The van der Waals surface area contributed by atoms with Crippen LogP contribution in [0.15, 0.2) is 65.5 Å². The molecule has 0 radical (unpaired) electrons. The van der Waals surface area contributed by atoms with E-state index in [1.54, 1.807) is 0 Å². The lowest BCUT2D eigenvalue weighted by Crippen LogP contribution is -2.34. The van der Waals surface area contributed by atoms with Gasteiger partial charge >= 0.3 is 5.97 Å². The molecule has 0 amide bonds. The number of carboxylic acid groups (broad SMARTS) is 1. The Balaban J connectivity index is 1.32. The van der Waals surface area contributed by atoms with Gasteiger partial charge in [0.2, 0.25) is 0 Å². The summed E-state index contributed by atoms with van der Waals surface area (Å²) in [6.45, 7) is 6.23. The van der Waals surface area contributed by atoms with Gasteiger partial charge in [-0.2, -0.15) is 0 Å². The number of hydrogen-bond acceptors (Lipinski definition) is 4. The smallest absolute Gasteiger partial charge is 0.341 e. The summed E-state index contributed by atoms with van der Waals surface area (Å²) < 4.78 is 0. The number of H-pyrrole nitrogens is 1. The van der Waals surface area contributed by atoms with Crippen LogP contribution in [0.3, 0.4) is 0 Å². The SMILES string of the molecule is CCc1cc(C(=O)O)c(=O)[nH]c1-c1ccc(N2C[C@H]3CCN(Cc4ccccc4)[C@H]3C2)cc1. The van der Waals surface area contributed by atoms with Crippen LogP contribution in [0.5, 0.6) is 0 Å². The summed E-state index contributed by atoms with van der Waals surface area (Å²) >= 11 is 0. The van der Waals surface area contributed by atoms with Crippen molar-refractivity contribution in [1.29, 1.82) is 0 Å². The van der Waals surface area contributed by atoms with Gasteiger partial charge in [0.25, 0.3) is 5.56 Å². The van der Waals surface area contributed by atoms with E-state index in [0.29, 0.717) is 24.1 Å². The summed E-state index contributed by atoms with van der Waals surface area (Å²) in [7, 11) is 0. The molecule has 0 saturated carbocycles. The standard InChI is InChI=1S/C27H29N3O3/c1-2-19-14-23(27(32)33)26(31)28-25(19)20-8-10-22(11-9-20)30-16-21-12-13-29(24(21)17-30)15-18-6-4-3-5-7-18/h3-11,14,21,24H,2,12-13,15-17H2,1H3,(H,28,31)(H,32,33)/t21-,24+/m1/s1. The molecule has 2 atom stereocenters. The molecule has 0 unspecified atom stereocenters. The minimum absolute atomic E-state index is 0.212. The van der Waals surface area contributed by atoms with Crippen LogP contribution >= 0.6 is 0 Å². The first-order chi connectivity index (χ1) is 16.0. The number of nitrogens with one attached hydrogen (secondary N) is 1. The highest BCUT2D eigenvalue weighted by atomic mass is 16.4. The van der Waals surface area contributed by atoms with E-state index in [-0.39, 0.29) is 5.56 Å². The average Bonchev–Trinajstić information content (AvgIpc) is 3.41. The Bertz CT molecular complexity index is 1200. The number of anilines is 1. The van der Waals surface area contributed by atoms with E-state index >= 15 is 0 Å². The van der Waals surface area contributed by atoms with Gasteiger partial charge in [-0.3, -0.25) is 9.69 Å². The highest BCUT2D eigenvalue weighted by Crippen LogP contribution is 2.35. The van der Waals surface area contributed by atoms with Crippen molar-refractivity contribution in [2.45, 2.75) is 32.4 Å². The van der Waals surface area contributed by atoms with Crippen molar-refractivity contribution in [3.63, 3.8) is 0 Å². The zero-order valence-corrected chi connectivity index (χ0v) is 18.8. The summed E-state index contributed by atoms with van der Waals surface area (Å²) in [5.41, 5.74) is 4.21. The lowest BCUT2D eigenvalue weighted by Gasteiger charge is -2.25. The fourth-order valence-electron chi connectivity index (χ4n) is 5.38. The minimum atomic E-state index is -1.20. The van der Waals surface area contributed by atoms with Gasteiger partial charge in [0.15, 0.2) is 0 Å². The highest BCUT2D eigenvalue weighted by Gasteiger charge is 2.41. The molecule has 1 aromatic heterocycles. The molecule has 2 fully saturated rings. The molecule has 170 valence electrons. The third kappa shape index (κ3) is 4.18. The van der Waals surface area contributed by atoms with Crippen LogP contribution in [-0.2, 0) is 13.0 Å². The first-order valence-electron chi connectivity index (χ1n) is 11.7. The number of nitrogens with zero attached hydrogens (tertiary/aromatic N) is 2. The lowest BCUT2D eigenvalue weighted by atomic mass is 10.0. The van der Waals surface area contributed by atoms with Crippen molar-refractivity contribution in [3.8, 4) is 11.3 Å². The van der Waals surface area contributed by atoms with Gasteiger partial charge in [-0.15, -0.1) is 0 Å². The molecule has 3 aromatic rings. The molecule has 5 rings (SSSR count). The molecule has 6 nitrogen and oxygen atoms in total.